The van der Waals surface area contributed by atoms with Crippen molar-refractivity contribution in [2.75, 3.05) is 27.9 Å². The minimum Gasteiger partial charge on any atom is -0.493 e. The first-order chi connectivity index (χ1) is 12.9. The predicted octanol–water partition coefficient (Wildman–Crippen LogP) is 0.653. The highest BCUT2D eigenvalue weighted by molar-refractivity contribution is 5.97. The molecule has 148 valence electrons. The Bertz CT molecular complexity index is 691. The first-order valence-electron chi connectivity index (χ1n) is 8.47. The predicted molar refractivity (Wildman–Crippen MR) is 95.1 cm³/mol. The van der Waals surface area contributed by atoms with Crippen LogP contribution in [0.5, 0.6) is 17.2 Å². The summed E-state index contributed by atoms with van der Waals surface area (Å²) in [5.41, 5.74) is 0.219. The van der Waals surface area contributed by atoms with Crippen molar-refractivity contribution in [3.05, 3.63) is 17.7 Å². The van der Waals surface area contributed by atoms with Crippen molar-refractivity contribution >= 4 is 17.8 Å². The van der Waals surface area contributed by atoms with Crippen LogP contribution in [0.2, 0.25) is 0 Å². The summed E-state index contributed by atoms with van der Waals surface area (Å²) in [7, 11) is 4.32. The summed E-state index contributed by atoms with van der Waals surface area (Å²) < 4.78 is 20.6. The van der Waals surface area contributed by atoms with Crippen LogP contribution in [-0.2, 0) is 14.3 Å². The average Bonchev–Trinajstić information content (AvgIpc) is 3.48. The van der Waals surface area contributed by atoms with Crippen molar-refractivity contribution in [1.29, 1.82) is 0 Å². The Morgan fingerprint density at radius 2 is 1.67 bits per heavy atom. The van der Waals surface area contributed by atoms with Gasteiger partial charge >= 0.3 is 5.97 Å². The smallest absolute Gasteiger partial charge is 0.326 e. The molecule has 0 heterocycles. The number of carbonyl (C=O) groups is 3. The number of hydrogen-bond donors (Lipinski definition) is 2. The van der Waals surface area contributed by atoms with E-state index in [9.17, 15) is 14.4 Å². The summed E-state index contributed by atoms with van der Waals surface area (Å²) in [5.74, 6) is -0.603. The summed E-state index contributed by atoms with van der Waals surface area (Å²) in [4.78, 5) is 35.9. The number of amides is 2. The van der Waals surface area contributed by atoms with E-state index >= 15 is 0 Å². The Balaban J connectivity index is 1.92. The van der Waals surface area contributed by atoms with Crippen LogP contribution in [0.1, 0.15) is 30.1 Å². The summed E-state index contributed by atoms with van der Waals surface area (Å²) in [6.07, 6.45) is 0.963. The molecule has 1 aliphatic rings. The molecular formula is C18H24N2O7. The Labute approximate surface area is 157 Å². The van der Waals surface area contributed by atoms with Crippen LogP contribution in [0.3, 0.4) is 0 Å². The van der Waals surface area contributed by atoms with E-state index in [0.717, 1.165) is 12.8 Å². The lowest BCUT2D eigenvalue weighted by Crippen LogP contribution is -2.39. The molecule has 9 heteroatoms. The van der Waals surface area contributed by atoms with Crippen LogP contribution in [0.4, 0.5) is 0 Å². The van der Waals surface area contributed by atoms with Gasteiger partial charge in [0.05, 0.1) is 21.3 Å². The summed E-state index contributed by atoms with van der Waals surface area (Å²) in [6.45, 7) is 1.10. The zero-order valence-corrected chi connectivity index (χ0v) is 15.8. The number of nitrogens with one attached hydrogen (secondary N) is 2. The molecule has 1 aromatic rings. The number of esters is 1. The maximum absolute atomic E-state index is 12.3. The molecule has 0 radical (unpaired) electrons. The molecule has 1 atom stereocenters. The Kier molecular flexibility index (Phi) is 6.86. The van der Waals surface area contributed by atoms with Gasteiger partial charge in [0.1, 0.15) is 6.54 Å². The lowest BCUT2D eigenvalue weighted by atomic mass is 10.1. The van der Waals surface area contributed by atoms with Gasteiger partial charge in [0, 0.05) is 11.6 Å². The zero-order valence-electron chi connectivity index (χ0n) is 15.8. The summed E-state index contributed by atoms with van der Waals surface area (Å²) >= 11 is 0. The average molecular weight is 380 g/mol. The van der Waals surface area contributed by atoms with Gasteiger partial charge in [0.2, 0.25) is 5.75 Å². The maximum atomic E-state index is 12.3. The van der Waals surface area contributed by atoms with Gasteiger partial charge in [-0.05, 0) is 31.9 Å². The molecule has 0 saturated heterocycles. The van der Waals surface area contributed by atoms with E-state index in [2.05, 4.69) is 10.6 Å². The second kappa shape index (κ2) is 9.11. The third-order valence-electron chi connectivity index (χ3n) is 3.92. The molecule has 0 bridgehead atoms. The molecule has 0 unspecified atom stereocenters. The van der Waals surface area contributed by atoms with Crippen LogP contribution < -0.4 is 24.8 Å². The SMILES string of the molecule is COc1cc(C(=O)NCC(=O)O[C@H](C)C(=O)NC2CC2)cc(OC)c1OC. The highest BCUT2D eigenvalue weighted by atomic mass is 16.5. The van der Waals surface area contributed by atoms with Crippen LogP contribution >= 0.6 is 0 Å². The third kappa shape index (κ3) is 5.50. The molecule has 9 nitrogen and oxygen atoms in total. The molecule has 1 aliphatic carbocycles. The Morgan fingerprint density at radius 1 is 1.07 bits per heavy atom. The molecule has 1 aromatic carbocycles. The van der Waals surface area contributed by atoms with Gasteiger partial charge in [-0.1, -0.05) is 0 Å². The number of benzene rings is 1. The van der Waals surface area contributed by atoms with Crippen molar-refractivity contribution in [1.82, 2.24) is 10.6 Å². The quantitative estimate of drug-likeness (QED) is 0.605. The van der Waals surface area contributed by atoms with Crippen molar-refractivity contribution in [2.24, 2.45) is 0 Å². The first-order valence-corrected chi connectivity index (χ1v) is 8.47. The maximum Gasteiger partial charge on any atom is 0.326 e. The van der Waals surface area contributed by atoms with E-state index in [1.807, 2.05) is 0 Å². The zero-order chi connectivity index (χ0) is 20.0. The molecule has 1 saturated carbocycles. The van der Waals surface area contributed by atoms with E-state index in [4.69, 9.17) is 18.9 Å². The molecular weight excluding hydrogens is 356 g/mol. The van der Waals surface area contributed by atoms with Gasteiger partial charge in [-0.3, -0.25) is 14.4 Å². The van der Waals surface area contributed by atoms with E-state index in [0.29, 0.717) is 17.2 Å². The molecule has 0 aliphatic heterocycles. The van der Waals surface area contributed by atoms with E-state index in [1.54, 1.807) is 0 Å². The molecule has 27 heavy (non-hydrogen) atoms. The van der Waals surface area contributed by atoms with Crippen LogP contribution in [0.25, 0.3) is 0 Å². The molecule has 0 spiro atoms. The molecule has 2 rings (SSSR count). The van der Waals surface area contributed by atoms with Crippen molar-refractivity contribution < 1.29 is 33.3 Å². The second-order valence-corrected chi connectivity index (χ2v) is 6.01. The Hall–Kier alpha value is -2.97. The molecule has 0 aromatic heterocycles. The normalized spacial score (nSPS) is 13.9. The molecule has 2 N–H and O–H groups in total. The number of rotatable bonds is 9. The second-order valence-electron chi connectivity index (χ2n) is 6.01. The van der Waals surface area contributed by atoms with Crippen LogP contribution in [0.15, 0.2) is 12.1 Å². The van der Waals surface area contributed by atoms with Gasteiger partial charge in [0.25, 0.3) is 11.8 Å². The van der Waals surface area contributed by atoms with Gasteiger partial charge in [-0.2, -0.15) is 0 Å². The standard InChI is InChI=1S/C18H24N2O7/c1-10(17(22)20-12-5-6-12)27-15(21)9-19-18(23)11-7-13(24-2)16(26-4)14(8-11)25-3/h7-8,10,12H,5-6,9H2,1-4H3,(H,19,23)(H,20,22)/t10-/m1/s1. The first kappa shape index (κ1) is 20.3. The third-order valence-corrected chi connectivity index (χ3v) is 3.92. The monoisotopic (exact) mass is 380 g/mol. The summed E-state index contributed by atoms with van der Waals surface area (Å²) in [5, 5.41) is 5.18. The fourth-order valence-electron chi connectivity index (χ4n) is 2.31. The van der Waals surface area contributed by atoms with E-state index in [1.165, 1.54) is 40.4 Å². The number of hydrogen-bond acceptors (Lipinski definition) is 7. The highest BCUT2D eigenvalue weighted by Crippen LogP contribution is 2.38. The lowest BCUT2D eigenvalue weighted by molar-refractivity contribution is -0.153. The van der Waals surface area contributed by atoms with E-state index in [-0.39, 0.29) is 24.1 Å². The fourth-order valence-corrected chi connectivity index (χ4v) is 2.31. The van der Waals surface area contributed by atoms with Gasteiger partial charge in [-0.25, -0.2) is 0 Å². The van der Waals surface area contributed by atoms with Gasteiger partial charge < -0.3 is 29.6 Å². The number of carbonyl (C=O) groups excluding carboxylic acids is 3. The van der Waals surface area contributed by atoms with E-state index < -0.39 is 18.0 Å². The van der Waals surface area contributed by atoms with Crippen LogP contribution in [-0.4, -0.2) is 57.8 Å². The summed E-state index contributed by atoms with van der Waals surface area (Å²) in [6, 6.07) is 3.11. The van der Waals surface area contributed by atoms with Crippen molar-refractivity contribution in [3.63, 3.8) is 0 Å². The van der Waals surface area contributed by atoms with Crippen molar-refractivity contribution in [3.8, 4) is 17.2 Å². The molecule has 1 fully saturated rings. The van der Waals surface area contributed by atoms with Crippen molar-refractivity contribution in [2.45, 2.75) is 31.9 Å². The minimum atomic E-state index is -0.920. The number of ether oxygens (including phenoxy) is 4. The lowest BCUT2D eigenvalue weighted by Gasteiger charge is -2.15. The Morgan fingerprint density at radius 3 is 2.15 bits per heavy atom. The highest BCUT2D eigenvalue weighted by Gasteiger charge is 2.27. The van der Waals surface area contributed by atoms with Crippen LogP contribution in [0, 0.1) is 0 Å². The topological polar surface area (TPSA) is 112 Å². The van der Waals surface area contributed by atoms with Gasteiger partial charge in [0.15, 0.2) is 17.6 Å². The minimum absolute atomic E-state index is 0.179. The number of methoxy groups -OCH3 is 3. The molecule has 2 amide bonds. The fraction of sp³-hybridized carbons (Fsp3) is 0.500. The van der Waals surface area contributed by atoms with Gasteiger partial charge in [-0.15, -0.1) is 0 Å². The largest absolute Gasteiger partial charge is 0.493 e.